The summed E-state index contributed by atoms with van der Waals surface area (Å²) in [5.41, 5.74) is 0. The lowest BCUT2D eigenvalue weighted by atomic mass is 10.3. The number of phenols is 1. The van der Waals surface area contributed by atoms with Crippen molar-refractivity contribution in [1.29, 1.82) is 0 Å². The molecule has 0 radical (unpaired) electrons. The SMILES string of the molecule is COc1cc(F)c(O)c(Cl)c1. The zero-order valence-electron chi connectivity index (χ0n) is 5.77. The molecule has 1 N–H and O–H groups in total. The molecule has 1 aromatic rings. The maximum Gasteiger partial charge on any atom is 0.170 e. The lowest BCUT2D eigenvalue weighted by Crippen LogP contribution is -1.85. The molecule has 0 aromatic heterocycles. The lowest BCUT2D eigenvalue weighted by molar-refractivity contribution is 0.399. The van der Waals surface area contributed by atoms with Crippen LogP contribution in [0.4, 0.5) is 4.39 Å². The minimum atomic E-state index is -0.783. The average molecular weight is 177 g/mol. The third kappa shape index (κ3) is 1.54. The summed E-state index contributed by atoms with van der Waals surface area (Å²) in [4.78, 5) is 0. The van der Waals surface area contributed by atoms with Gasteiger partial charge in [0.25, 0.3) is 0 Å². The quantitative estimate of drug-likeness (QED) is 0.711. The van der Waals surface area contributed by atoms with E-state index in [9.17, 15) is 4.39 Å². The van der Waals surface area contributed by atoms with Crippen molar-refractivity contribution in [3.8, 4) is 11.5 Å². The van der Waals surface area contributed by atoms with Gasteiger partial charge in [0.15, 0.2) is 11.6 Å². The zero-order valence-corrected chi connectivity index (χ0v) is 6.52. The number of halogens is 2. The predicted molar refractivity (Wildman–Crippen MR) is 39.6 cm³/mol. The largest absolute Gasteiger partial charge is 0.504 e. The zero-order chi connectivity index (χ0) is 8.43. The van der Waals surface area contributed by atoms with Gasteiger partial charge in [-0.05, 0) is 0 Å². The predicted octanol–water partition coefficient (Wildman–Crippen LogP) is 2.19. The molecule has 0 bridgehead atoms. The first-order chi connectivity index (χ1) is 5.15. The van der Waals surface area contributed by atoms with Gasteiger partial charge in [0, 0.05) is 12.1 Å². The molecule has 0 saturated heterocycles. The van der Waals surface area contributed by atoms with Crippen molar-refractivity contribution in [3.63, 3.8) is 0 Å². The summed E-state index contributed by atoms with van der Waals surface area (Å²) in [6, 6.07) is 2.39. The van der Waals surface area contributed by atoms with Gasteiger partial charge < -0.3 is 9.84 Å². The van der Waals surface area contributed by atoms with E-state index >= 15 is 0 Å². The van der Waals surface area contributed by atoms with Gasteiger partial charge in [0.05, 0.1) is 12.1 Å². The van der Waals surface area contributed by atoms with E-state index in [2.05, 4.69) is 0 Å². The number of hydrogen-bond donors (Lipinski definition) is 1. The van der Waals surface area contributed by atoms with Crippen molar-refractivity contribution >= 4 is 11.6 Å². The standard InChI is InChI=1S/C7H6ClFO2/c1-11-4-2-5(8)7(10)6(9)3-4/h2-3,10H,1H3. The number of ether oxygens (including phenoxy) is 1. The first-order valence-corrected chi connectivity index (χ1v) is 3.25. The molecule has 0 aliphatic heterocycles. The molecule has 0 saturated carbocycles. The third-order valence-corrected chi connectivity index (χ3v) is 1.51. The molecule has 0 aliphatic rings. The Morgan fingerprint density at radius 2 is 2.18 bits per heavy atom. The molecule has 0 amide bonds. The van der Waals surface area contributed by atoms with E-state index in [1.165, 1.54) is 13.2 Å². The fourth-order valence-electron chi connectivity index (χ4n) is 0.660. The molecule has 0 atom stereocenters. The molecule has 0 aliphatic carbocycles. The van der Waals surface area contributed by atoms with E-state index in [0.29, 0.717) is 0 Å². The minimum absolute atomic E-state index is 0.0538. The molecular weight excluding hydrogens is 171 g/mol. The van der Waals surface area contributed by atoms with Crippen molar-refractivity contribution in [1.82, 2.24) is 0 Å². The second-order valence-electron chi connectivity index (χ2n) is 1.94. The van der Waals surface area contributed by atoms with Crippen LogP contribution in [0, 0.1) is 5.82 Å². The molecule has 2 nitrogen and oxygen atoms in total. The minimum Gasteiger partial charge on any atom is -0.504 e. The highest BCUT2D eigenvalue weighted by Gasteiger charge is 2.07. The normalized spacial score (nSPS) is 9.73. The Hall–Kier alpha value is -0.960. The second kappa shape index (κ2) is 2.96. The highest BCUT2D eigenvalue weighted by atomic mass is 35.5. The molecule has 0 heterocycles. The van der Waals surface area contributed by atoms with Crippen LogP contribution in [0.25, 0.3) is 0 Å². The van der Waals surface area contributed by atoms with Gasteiger partial charge in [-0.2, -0.15) is 0 Å². The number of benzene rings is 1. The van der Waals surface area contributed by atoms with Crippen LogP contribution in [0.5, 0.6) is 11.5 Å². The summed E-state index contributed by atoms with van der Waals surface area (Å²) in [7, 11) is 1.39. The molecule has 11 heavy (non-hydrogen) atoms. The first kappa shape index (κ1) is 8.14. The number of aromatic hydroxyl groups is 1. The summed E-state index contributed by atoms with van der Waals surface area (Å²) in [6.07, 6.45) is 0. The van der Waals surface area contributed by atoms with Gasteiger partial charge in [-0.3, -0.25) is 0 Å². The Kier molecular flexibility index (Phi) is 2.19. The van der Waals surface area contributed by atoms with Crippen LogP contribution in [0.1, 0.15) is 0 Å². The maximum absolute atomic E-state index is 12.6. The van der Waals surface area contributed by atoms with Gasteiger partial charge in [-0.15, -0.1) is 0 Å². The van der Waals surface area contributed by atoms with E-state index in [1.807, 2.05) is 0 Å². The Labute approximate surface area is 68.2 Å². The molecule has 0 fully saturated rings. The summed E-state index contributed by atoms with van der Waals surface area (Å²) < 4.78 is 17.3. The van der Waals surface area contributed by atoms with Crippen LogP contribution in [-0.2, 0) is 0 Å². The van der Waals surface area contributed by atoms with Crippen molar-refractivity contribution in [2.24, 2.45) is 0 Å². The van der Waals surface area contributed by atoms with E-state index in [0.717, 1.165) is 6.07 Å². The van der Waals surface area contributed by atoms with Crippen molar-refractivity contribution in [2.75, 3.05) is 7.11 Å². The van der Waals surface area contributed by atoms with Crippen LogP contribution >= 0.6 is 11.6 Å². The van der Waals surface area contributed by atoms with Crippen LogP contribution in [-0.4, -0.2) is 12.2 Å². The first-order valence-electron chi connectivity index (χ1n) is 2.87. The summed E-state index contributed by atoms with van der Waals surface area (Å²) in [6.45, 7) is 0. The van der Waals surface area contributed by atoms with Crippen molar-refractivity contribution in [3.05, 3.63) is 23.0 Å². The van der Waals surface area contributed by atoms with Gasteiger partial charge in [-0.1, -0.05) is 11.6 Å². The van der Waals surface area contributed by atoms with Crippen LogP contribution < -0.4 is 4.74 Å². The van der Waals surface area contributed by atoms with E-state index in [-0.39, 0.29) is 10.8 Å². The highest BCUT2D eigenvalue weighted by Crippen LogP contribution is 2.30. The van der Waals surface area contributed by atoms with E-state index < -0.39 is 11.6 Å². The Morgan fingerprint density at radius 1 is 1.55 bits per heavy atom. The number of hydrogen-bond acceptors (Lipinski definition) is 2. The topological polar surface area (TPSA) is 29.5 Å². The highest BCUT2D eigenvalue weighted by molar-refractivity contribution is 6.32. The third-order valence-electron chi connectivity index (χ3n) is 1.23. The fraction of sp³-hybridized carbons (Fsp3) is 0.143. The number of rotatable bonds is 1. The molecule has 0 unspecified atom stereocenters. The second-order valence-corrected chi connectivity index (χ2v) is 2.35. The molecule has 0 spiro atoms. The number of methoxy groups -OCH3 is 1. The van der Waals surface area contributed by atoms with E-state index in [4.69, 9.17) is 21.4 Å². The summed E-state index contributed by atoms with van der Waals surface area (Å²) >= 11 is 5.43. The molecular formula is C7H6ClFO2. The molecule has 4 heteroatoms. The Bertz CT molecular complexity index is 252. The van der Waals surface area contributed by atoms with Crippen LogP contribution in [0.15, 0.2) is 12.1 Å². The molecule has 1 rings (SSSR count). The lowest BCUT2D eigenvalue weighted by Gasteiger charge is -2.02. The Balaban J connectivity index is 3.21. The van der Waals surface area contributed by atoms with Crippen LogP contribution in [0.2, 0.25) is 5.02 Å². The summed E-state index contributed by atoms with van der Waals surface area (Å²) in [5, 5.41) is 8.81. The van der Waals surface area contributed by atoms with Crippen molar-refractivity contribution in [2.45, 2.75) is 0 Å². The van der Waals surface area contributed by atoms with Crippen LogP contribution in [0.3, 0.4) is 0 Å². The fourth-order valence-corrected chi connectivity index (χ4v) is 0.858. The Morgan fingerprint density at radius 3 is 2.64 bits per heavy atom. The monoisotopic (exact) mass is 176 g/mol. The smallest absolute Gasteiger partial charge is 0.170 e. The maximum atomic E-state index is 12.6. The number of phenolic OH excluding ortho intramolecular Hbond substituents is 1. The van der Waals surface area contributed by atoms with Gasteiger partial charge in [-0.25, -0.2) is 4.39 Å². The molecule has 60 valence electrons. The van der Waals surface area contributed by atoms with Gasteiger partial charge in [0.1, 0.15) is 5.75 Å². The summed E-state index contributed by atoms with van der Waals surface area (Å²) in [5.74, 6) is -1.05. The average Bonchev–Trinajstić information content (AvgIpc) is 1.99. The van der Waals surface area contributed by atoms with E-state index in [1.54, 1.807) is 0 Å². The van der Waals surface area contributed by atoms with Gasteiger partial charge >= 0.3 is 0 Å². The molecule has 1 aromatic carbocycles. The van der Waals surface area contributed by atoms with Crippen molar-refractivity contribution < 1.29 is 14.2 Å². The van der Waals surface area contributed by atoms with Gasteiger partial charge in [0.2, 0.25) is 0 Å².